The number of carbonyl (C=O) groups is 1. The van der Waals surface area contributed by atoms with Gasteiger partial charge < -0.3 is 10.1 Å². The van der Waals surface area contributed by atoms with Gasteiger partial charge >= 0.3 is 0 Å². The van der Waals surface area contributed by atoms with Crippen LogP contribution in [0, 0.1) is 5.82 Å². The van der Waals surface area contributed by atoms with Gasteiger partial charge in [-0.1, -0.05) is 13.0 Å². The predicted octanol–water partition coefficient (Wildman–Crippen LogP) is 2.69. The summed E-state index contributed by atoms with van der Waals surface area (Å²) in [6.07, 6.45) is 3.29. The first kappa shape index (κ1) is 15.0. The fraction of sp³-hybridized carbons (Fsp3) is 0.250. The molecule has 0 fully saturated rings. The maximum Gasteiger partial charge on any atom is 0.261 e. The average molecular weight is 288 g/mol. The van der Waals surface area contributed by atoms with Gasteiger partial charge in [-0.15, -0.1) is 0 Å². The van der Waals surface area contributed by atoms with E-state index in [0.29, 0.717) is 18.7 Å². The third kappa shape index (κ3) is 4.56. The van der Waals surface area contributed by atoms with E-state index in [1.165, 1.54) is 24.3 Å². The van der Waals surface area contributed by atoms with Crippen LogP contribution < -0.4 is 10.1 Å². The summed E-state index contributed by atoms with van der Waals surface area (Å²) >= 11 is 0. The van der Waals surface area contributed by atoms with Crippen molar-refractivity contribution in [1.82, 2.24) is 10.3 Å². The summed E-state index contributed by atoms with van der Waals surface area (Å²) in [7, 11) is 0. The highest BCUT2D eigenvalue weighted by molar-refractivity contribution is 5.81. The minimum absolute atomic E-state index is 0.203. The number of hydrogen-bond acceptors (Lipinski definition) is 3. The Morgan fingerprint density at radius 2 is 2.10 bits per heavy atom. The van der Waals surface area contributed by atoms with Crippen molar-refractivity contribution in [3.8, 4) is 5.75 Å². The van der Waals surface area contributed by atoms with Crippen molar-refractivity contribution < 1.29 is 13.9 Å². The number of halogens is 1. The molecule has 110 valence electrons. The second kappa shape index (κ2) is 7.38. The van der Waals surface area contributed by atoms with Crippen molar-refractivity contribution in [1.29, 1.82) is 0 Å². The summed E-state index contributed by atoms with van der Waals surface area (Å²) in [4.78, 5) is 16.1. The molecule has 21 heavy (non-hydrogen) atoms. The topological polar surface area (TPSA) is 51.2 Å². The molecule has 5 heteroatoms. The zero-order valence-corrected chi connectivity index (χ0v) is 11.8. The average Bonchev–Trinajstić information content (AvgIpc) is 2.53. The first-order valence-corrected chi connectivity index (χ1v) is 6.78. The highest BCUT2D eigenvalue weighted by atomic mass is 19.1. The van der Waals surface area contributed by atoms with E-state index in [1.54, 1.807) is 12.4 Å². The summed E-state index contributed by atoms with van der Waals surface area (Å²) in [6.45, 7) is 2.26. The molecule has 0 unspecified atom stereocenters. The van der Waals surface area contributed by atoms with Crippen LogP contribution in [0.15, 0.2) is 48.8 Å². The van der Waals surface area contributed by atoms with Crippen LogP contribution in [-0.4, -0.2) is 17.0 Å². The van der Waals surface area contributed by atoms with Gasteiger partial charge in [0.25, 0.3) is 5.91 Å². The summed E-state index contributed by atoms with van der Waals surface area (Å²) < 4.78 is 18.4. The van der Waals surface area contributed by atoms with Crippen LogP contribution in [0.5, 0.6) is 5.75 Å². The largest absolute Gasteiger partial charge is 0.481 e. The van der Waals surface area contributed by atoms with Crippen LogP contribution in [0.4, 0.5) is 4.39 Å². The maximum absolute atomic E-state index is 12.8. The molecule has 1 N–H and O–H groups in total. The second-order valence-corrected chi connectivity index (χ2v) is 4.55. The van der Waals surface area contributed by atoms with Gasteiger partial charge in [-0.2, -0.15) is 0 Å². The Balaban J connectivity index is 1.90. The molecule has 1 amide bonds. The molecule has 2 rings (SSSR count). The molecule has 2 aromatic rings. The van der Waals surface area contributed by atoms with E-state index < -0.39 is 6.10 Å². The number of ether oxygens (including phenoxy) is 1. The maximum atomic E-state index is 12.8. The second-order valence-electron chi connectivity index (χ2n) is 4.55. The van der Waals surface area contributed by atoms with Crippen molar-refractivity contribution >= 4 is 5.91 Å². The molecule has 0 aliphatic heterocycles. The smallest absolute Gasteiger partial charge is 0.261 e. The number of rotatable bonds is 6. The van der Waals surface area contributed by atoms with Gasteiger partial charge in [0.05, 0.1) is 0 Å². The van der Waals surface area contributed by atoms with E-state index in [2.05, 4.69) is 10.3 Å². The van der Waals surface area contributed by atoms with E-state index in [4.69, 9.17) is 4.74 Å². The third-order valence-electron chi connectivity index (χ3n) is 2.94. The van der Waals surface area contributed by atoms with E-state index in [-0.39, 0.29) is 11.7 Å². The Hall–Kier alpha value is -2.43. The highest BCUT2D eigenvalue weighted by Gasteiger charge is 2.17. The number of hydrogen-bond donors (Lipinski definition) is 1. The van der Waals surface area contributed by atoms with Crippen molar-refractivity contribution in [2.24, 2.45) is 0 Å². The third-order valence-corrected chi connectivity index (χ3v) is 2.94. The molecule has 0 radical (unpaired) electrons. The lowest BCUT2D eigenvalue weighted by atomic mass is 10.2. The van der Waals surface area contributed by atoms with Crippen LogP contribution in [-0.2, 0) is 11.3 Å². The Morgan fingerprint density at radius 3 is 2.71 bits per heavy atom. The molecule has 1 aromatic carbocycles. The van der Waals surface area contributed by atoms with Gasteiger partial charge in [0.2, 0.25) is 0 Å². The summed E-state index contributed by atoms with van der Waals surface area (Å²) in [5, 5.41) is 2.80. The SMILES string of the molecule is CC[C@H](Oc1ccc(F)cc1)C(=O)NCc1cccnc1. The lowest BCUT2D eigenvalue weighted by Gasteiger charge is -2.17. The molecule has 0 saturated heterocycles. The number of benzene rings is 1. The Kier molecular flexibility index (Phi) is 5.26. The van der Waals surface area contributed by atoms with Gasteiger partial charge in [0.1, 0.15) is 11.6 Å². The normalized spacial score (nSPS) is 11.7. The molecular formula is C16H17FN2O2. The zero-order valence-electron chi connectivity index (χ0n) is 11.8. The monoisotopic (exact) mass is 288 g/mol. The lowest BCUT2D eigenvalue weighted by molar-refractivity contribution is -0.128. The molecular weight excluding hydrogens is 271 g/mol. The van der Waals surface area contributed by atoms with Gasteiger partial charge in [-0.05, 0) is 42.3 Å². The molecule has 0 bridgehead atoms. The van der Waals surface area contributed by atoms with Gasteiger partial charge in [-0.3, -0.25) is 9.78 Å². The van der Waals surface area contributed by atoms with Crippen molar-refractivity contribution in [3.05, 3.63) is 60.2 Å². The van der Waals surface area contributed by atoms with Gasteiger partial charge in [0, 0.05) is 18.9 Å². The zero-order chi connectivity index (χ0) is 15.1. The molecule has 1 aromatic heterocycles. The number of nitrogens with one attached hydrogen (secondary N) is 1. The first-order valence-electron chi connectivity index (χ1n) is 6.78. The van der Waals surface area contributed by atoms with Gasteiger partial charge in [0.15, 0.2) is 6.10 Å². The van der Waals surface area contributed by atoms with Crippen LogP contribution in [0.25, 0.3) is 0 Å². The Morgan fingerprint density at radius 1 is 1.33 bits per heavy atom. The Labute approximate surface area is 123 Å². The summed E-state index contributed by atoms with van der Waals surface area (Å²) in [5.74, 6) is -0.0677. The van der Waals surface area contributed by atoms with Gasteiger partial charge in [-0.25, -0.2) is 4.39 Å². The summed E-state index contributed by atoms with van der Waals surface area (Å²) in [5.41, 5.74) is 0.919. The highest BCUT2D eigenvalue weighted by Crippen LogP contribution is 2.14. The molecule has 0 spiro atoms. The number of amides is 1. The first-order chi connectivity index (χ1) is 10.2. The van der Waals surface area contributed by atoms with Crippen LogP contribution in [0.3, 0.4) is 0 Å². The van der Waals surface area contributed by atoms with Crippen molar-refractivity contribution in [2.75, 3.05) is 0 Å². The van der Waals surface area contributed by atoms with Crippen LogP contribution in [0.2, 0.25) is 0 Å². The molecule has 4 nitrogen and oxygen atoms in total. The van der Waals surface area contributed by atoms with Crippen LogP contribution in [0.1, 0.15) is 18.9 Å². The Bertz CT molecular complexity index is 573. The molecule has 0 saturated carbocycles. The number of aromatic nitrogens is 1. The molecule has 1 heterocycles. The lowest BCUT2D eigenvalue weighted by Crippen LogP contribution is -2.37. The molecule has 0 aliphatic carbocycles. The van der Waals surface area contributed by atoms with E-state index in [0.717, 1.165) is 5.56 Å². The van der Waals surface area contributed by atoms with Crippen molar-refractivity contribution in [3.63, 3.8) is 0 Å². The van der Waals surface area contributed by atoms with Crippen LogP contribution >= 0.6 is 0 Å². The number of nitrogens with zero attached hydrogens (tertiary/aromatic N) is 1. The molecule has 1 atom stereocenters. The molecule has 0 aliphatic rings. The standard InChI is InChI=1S/C16H17FN2O2/c1-2-15(21-14-7-5-13(17)6-8-14)16(20)19-11-12-4-3-9-18-10-12/h3-10,15H,2,11H2,1H3,(H,19,20)/t15-/m0/s1. The number of carbonyl (C=O) groups excluding carboxylic acids is 1. The fourth-order valence-corrected chi connectivity index (χ4v) is 1.81. The minimum atomic E-state index is -0.605. The predicted molar refractivity (Wildman–Crippen MR) is 77.2 cm³/mol. The number of pyridine rings is 1. The van der Waals surface area contributed by atoms with E-state index >= 15 is 0 Å². The summed E-state index contributed by atoms with van der Waals surface area (Å²) in [6, 6.07) is 9.31. The fourth-order valence-electron chi connectivity index (χ4n) is 1.81. The quantitative estimate of drug-likeness (QED) is 0.889. The van der Waals surface area contributed by atoms with E-state index in [9.17, 15) is 9.18 Å². The van der Waals surface area contributed by atoms with E-state index in [1.807, 2.05) is 19.1 Å². The van der Waals surface area contributed by atoms with Crippen molar-refractivity contribution in [2.45, 2.75) is 26.0 Å². The minimum Gasteiger partial charge on any atom is -0.481 e.